The van der Waals surface area contributed by atoms with E-state index in [9.17, 15) is 14.9 Å². The minimum Gasteiger partial charge on any atom is -0.497 e. The van der Waals surface area contributed by atoms with Crippen LogP contribution in [0.5, 0.6) is 5.75 Å². The van der Waals surface area contributed by atoms with Gasteiger partial charge in [-0.15, -0.1) is 0 Å². The number of benzene rings is 3. The summed E-state index contributed by atoms with van der Waals surface area (Å²) in [5, 5.41) is 9.89. The maximum atomic E-state index is 12.5. The quantitative estimate of drug-likeness (QED) is 0.348. The van der Waals surface area contributed by atoms with Gasteiger partial charge in [-0.1, -0.05) is 72.8 Å². The van der Waals surface area contributed by atoms with E-state index in [4.69, 9.17) is 14.2 Å². The Kier molecular flexibility index (Phi) is 7.28. The first-order valence-electron chi connectivity index (χ1n) is 12.4. The highest BCUT2D eigenvalue weighted by atomic mass is 16.6. The molecular formula is C31H27N3O5. The van der Waals surface area contributed by atoms with Gasteiger partial charge in [0.1, 0.15) is 17.5 Å². The van der Waals surface area contributed by atoms with Gasteiger partial charge in [-0.2, -0.15) is 5.26 Å². The van der Waals surface area contributed by atoms with Crippen LogP contribution in [0.4, 0.5) is 0 Å². The highest BCUT2D eigenvalue weighted by molar-refractivity contribution is 5.48. The van der Waals surface area contributed by atoms with Crippen LogP contribution in [0.2, 0.25) is 0 Å². The molecule has 1 N–H and O–H groups in total. The van der Waals surface area contributed by atoms with Crippen LogP contribution in [0, 0.1) is 18.3 Å². The summed E-state index contributed by atoms with van der Waals surface area (Å²) in [6.45, 7) is 1.62. The van der Waals surface area contributed by atoms with Crippen LogP contribution in [0.25, 0.3) is 0 Å². The van der Waals surface area contributed by atoms with Crippen molar-refractivity contribution in [1.29, 1.82) is 5.26 Å². The number of nitriles is 1. The Morgan fingerprint density at radius 2 is 1.54 bits per heavy atom. The van der Waals surface area contributed by atoms with E-state index in [1.807, 2.05) is 84.9 Å². The summed E-state index contributed by atoms with van der Waals surface area (Å²) in [5.74, 6) is 0.715. The zero-order chi connectivity index (χ0) is 27.4. The summed E-state index contributed by atoms with van der Waals surface area (Å²) < 4.78 is 19.6. The maximum absolute atomic E-state index is 12.5. The molecule has 4 aromatic rings. The van der Waals surface area contributed by atoms with E-state index in [1.165, 1.54) is 10.8 Å². The molecule has 3 aromatic carbocycles. The molecule has 2 atom stereocenters. The van der Waals surface area contributed by atoms with Crippen molar-refractivity contribution in [2.75, 3.05) is 13.7 Å². The van der Waals surface area contributed by atoms with Gasteiger partial charge in [0, 0.05) is 11.8 Å². The lowest BCUT2D eigenvalue weighted by Gasteiger charge is -2.37. The molecule has 0 saturated heterocycles. The van der Waals surface area contributed by atoms with Gasteiger partial charge in [-0.25, -0.2) is 4.79 Å². The van der Waals surface area contributed by atoms with Gasteiger partial charge in [-0.05, 0) is 41.8 Å². The molecule has 39 heavy (non-hydrogen) atoms. The van der Waals surface area contributed by atoms with E-state index in [-0.39, 0.29) is 6.61 Å². The van der Waals surface area contributed by atoms with E-state index in [0.29, 0.717) is 16.9 Å². The third-order valence-electron chi connectivity index (χ3n) is 6.83. The number of nitrogens with one attached hydrogen (secondary N) is 1. The topological polar surface area (TPSA) is 106 Å². The Morgan fingerprint density at radius 3 is 2.10 bits per heavy atom. The number of hydrogen-bond donors (Lipinski definition) is 1. The fourth-order valence-corrected chi connectivity index (χ4v) is 4.82. The Morgan fingerprint density at radius 1 is 0.949 bits per heavy atom. The van der Waals surface area contributed by atoms with Crippen LogP contribution in [0.15, 0.2) is 112 Å². The number of rotatable bonds is 8. The van der Waals surface area contributed by atoms with Crippen LogP contribution >= 0.6 is 0 Å². The molecule has 196 valence electrons. The molecule has 0 fully saturated rings. The number of nitrogens with zero attached hydrogens (tertiary/aromatic N) is 2. The number of H-pyrrole nitrogens is 1. The molecule has 0 radical (unpaired) electrons. The second-order valence-electron chi connectivity index (χ2n) is 9.18. The maximum Gasteiger partial charge on any atom is 0.330 e. The van der Waals surface area contributed by atoms with Crippen molar-refractivity contribution in [2.45, 2.75) is 24.9 Å². The van der Waals surface area contributed by atoms with Gasteiger partial charge in [-0.3, -0.25) is 14.3 Å². The van der Waals surface area contributed by atoms with Gasteiger partial charge >= 0.3 is 5.69 Å². The van der Waals surface area contributed by atoms with Crippen molar-refractivity contribution in [3.8, 4) is 11.8 Å². The molecule has 1 aliphatic rings. The zero-order valence-corrected chi connectivity index (χ0v) is 21.5. The smallest absolute Gasteiger partial charge is 0.330 e. The third kappa shape index (κ3) is 4.93. The highest BCUT2D eigenvalue weighted by Crippen LogP contribution is 2.42. The molecule has 0 aliphatic carbocycles. The molecule has 1 aliphatic heterocycles. The van der Waals surface area contributed by atoms with Crippen molar-refractivity contribution < 1.29 is 14.2 Å². The van der Waals surface area contributed by atoms with Crippen LogP contribution in [-0.4, -0.2) is 29.4 Å². The molecule has 0 amide bonds. The second kappa shape index (κ2) is 11.0. The number of hydrogen-bond acceptors (Lipinski definition) is 6. The predicted molar refractivity (Wildman–Crippen MR) is 145 cm³/mol. The first-order chi connectivity index (χ1) is 19.0. The van der Waals surface area contributed by atoms with Crippen molar-refractivity contribution in [3.05, 3.63) is 146 Å². The SMILES string of the molecule is COc1ccc(C(OC[C@H]2O[C@@H](n3cc(C)c(=O)[nH]c3=O)C=C2C#N)(c2ccccc2)c2ccccc2)cc1. The molecule has 8 heteroatoms. The standard InChI is InChI=1S/C31H27N3O5/c1-21-19-34(30(36)33-29(21)35)28-17-22(18-32)27(39-28)20-38-31(23-9-5-3-6-10-23,24-11-7-4-8-12-24)25-13-15-26(37-2)16-14-25/h3-17,19,27-28H,20H2,1-2H3,(H,33,35,36)/t27-,28-/m1/s1. The largest absolute Gasteiger partial charge is 0.497 e. The van der Waals surface area contributed by atoms with Gasteiger partial charge < -0.3 is 14.2 Å². The van der Waals surface area contributed by atoms with E-state index in [0.717, 1.165) is 16.7 Å². The lowest BCUT2D eigenvalue weighted by molar-refractivity contribution is -0.0703. The Balaban J connectivity index is 1.55. The van der Waals surface area contributed by atoms with Crippen LogP contribution in [-0.2, 0) is 15.1 Å². The van der Waals surface area contributed by atoms with E-state index in [2.05, 4.69) is 11.1 Å². The number of aromatic amines is 1. The van der Waals surface area contributed by atoms with Crippen molar-refractivity contribution in [2.24, 2.45) is 0 Å². The molecule has 0 saturated carbocycles. The number of aromatic nitrogens is 2. The third-order valence-corrected chi connectivity index (χ3v) is 6.83. The van der Waals surface area contributed by atoms with Crippen molar-refractivity contribution in [3.63, 3.8) is 0 Å². The first kappa shape index (κ1) is 25.9. The van der Waals surface area contributed by atoms with Crippen LogP contribution in [0.3, 0.4) is 0 Å². The molecule has 0 spiro atoms. The van der Waals surface area contributed by atoms with E-state index in [1.54, 1.807) is 20.1 Å². The average Bonchev–Trinajstić information content (AvgIpc) is 3.40. The summed E-state index contributed by atoms with van der Waals surface area (Å²) in [6.07, 6.45) is 1.40. The Bertz CT molecular complexity index is 1590. The molecule has 0 unspecified atom stereocenters. The number of aryl methyl sites for hydroxylation is 1. The fraction of sp³-hybridized carbons (Fsp3) is 0.194. The van der Waals surface area contributed by atoms with Crippen LogP contribution < -0.4 is 16.0 Å². The number of methoxy groups -OCH3 is 1. The summed E-state index contributed by atoms with van der Waals surface area (Å²) in [5.41, 5.74) is 1.22. The van der Waals surface area contributed by atoms with Gasteiger partial charge in [0.15, 0.2) is 6.23 Å². The van der Waals surface area contributed by atoms with E-state index < -0.39 is 29.2 Å². The molecule has 8 nitrogen and oxygen atoms in total. The summed E-state index contributed by atoms with van der Waals surface area (Å²) in [6, 6.07) is 29.6. The minimum absolute atomic E-state index is 0.0167. The van der Waals surface area contributed by atoms with Gasteiger partial charge in [0.2, 0.25) is 0 Å². The zero-order valence-electron chi connectivity index (χ0n) is 21.5. The lowest BCUT2D eigenvalue weighted by atomic mass is 9.80. The van der Waals surface area contributed by atoms with Gasteiger partial charge in [0.25, 0.3) is 5.56 Å². The van der Waals surface area contributed by atoms with Gasteiger partial charge in [0.05, 0.1) is 25.4 Å². The highest BCUT2D eigenvalue weighted by Gasteiger charge is 2.40. The Hall–Kier alpha value is -4.71. The lowest BCUT2D eigenvalue weighted by Crippen LogP contribution is -2.37. The summed E-state index contributed by atoms with van der Waals surface area (Å²) in [4.78, 5) is 26.6. The average molecular weight is 522 g/mol. The molecule has 1 aromatic heterocycles. The molecule has 5 rings (SSSR count). The first-order valence-corrected chi connectivity index (χ1v) is 12.4. The summed E-state index contributed by atoms with van der Waals surface area (Å²) >= 11 is 0. The molecule has 0 bridgehead atoms. The number of ether oxygens (including phenoxy) is 3. The second-order valence-corrected chi connectivity index (χ2v) is 9.18. The molecular weight excluding hydrogens is 494 g/mol. The fourth-order valence-electron chi connectivity index (χ4n) is 4.82. The van der Waals surface area contributed by atoms with E-state index >= 15 is 0 Å². The monoisotopic (exact) mass is 521 g/mol. The summed E-state index contributed by atoms with van der Waals surface area (Å²) in [7, 11) is 1.62. The minimum atomic E-state index is -1.04. The normalized spacial score (nSPS) is 16.9. The molecule has 2 heterocycles. The van der Waals surface area contributed by atoms with Crippen molar-refractivity contribution >= 4 is 0 Å². The van der Waals surface area contributed by atoms with Crippen LogP contribution in [0.1, 0.15) is 28.5 Å². The Labute approximate surface area is 225 Å². The van der Waals surface area contributed by atoms with Crippen molar-refractivity contribution in [1.82, 2.24) is 9.55 Å². The predicted octanol–water partition coefficient (Wildman–Crippen LogP) is 4.21.